The third-order valence-electron chi connectivity index (χ3n) is 2.56. The van der Waals surface area contributed by atoms with Crippen molar-refractivity contribution in [2.45, 2.75) is 25.8 Å². The standard InChI is InChI=1S/C12H19N3O/c1-3-11(13)12(16)15(2)9-7-10-6-4-5-8-14-10/h4-6,8,11H,3,7,9,13H2,1-2H3/t11-/m0/s1. The number of hydrogen-bond donors (Lipinski definition) is 1. The molecule has 0 aliphatic heterocycles. The van der Waals surface area contributed by atoms with Gasteiger partial charge in [-0.3, -0.25) is 9.78 Å². The number of pyridine rings is 1. The van der Waals surface area contributed by atoms with Crippen molar-refractivity contribution in [2.24, 2.45) is 5.73 Å². The fraction of sp³-hybridized carbons (Fsp3) is 0.500. The van der Waals surface area contributed by atoms with Gasteiger partial charge in [-0.15, -0.1) is 0 Å². The Morgan fingerprint density at radius 3 is 2.88 bits per heavy atom. The van der Waals surface area contributed by atoms with Crippen molar-refractivity contribution in [2.75, 3.05) is 13.6 Å². The molecule has 4 heteroatoms. The van der Waals surface area contributed by atoms with E-state index in [1.54, 1.807) is 18.1 Å². The van der Waals surface area contributed by atoms with Gasteiger partial charge in [0.2, 0.25) is 5.91 Å². The summed E-state index contributed by atoms with van der Waals surface area (Å²) in [4.78, 5) is 17.6. The van der Waals surface area contributed by atoms with Crippen LogP contribution in [0.15, 0.2) is 24.4 Å². The van der Waals surface area contributed by atoms with Gasteiger partial charge in [0, 0.05) is 31.9 Å². The van der Waals surface area contributed by atoms with E-state index in [1.807, 2.05) is 25.1 Å². The van der Waals surface area contributed by atoms with E-state index in [0.717, 1.165) is 12.1 Å². The number of likely N-dealkylation sites (N-methyl/N-ethyl adjacent to an activating group) is 1. The molecule has 0 spiro atoms. The molecule has 0 saturated carbocycles. The van der Waals surface area contributed by atoms with Gasteiger partial charge in [-0.2, -0.15) is 0 Å². The maximum absolute atomic E-state index is 11.7. The van der Waals surface area contributed by atoms with E-state index in [-0.39, 0.29) is 11.9 Å². The number of nitrogens with two attached hydrogens (primary N) is 1. The van der Waals surface area contributed by atoms with Crippen LogP contribution in [0.4, 0.5) is 0 Å². The molecule has 0 fully saturated rings. The number of aromatic nitrogens is 1. The van der Waals surface area contributed by atoms with E-state index >= 15 is 0 Å². The Morgan fingerprint density at radius 1 is 1.56 bits per heavy atom. The Hall–Kier alpha value is -1.42. The van der Waals surface area contributed by atoms with Crippen molar-refractivity contribution in [1.82, 2.24) is 9.88 Å². The second-order valence-electron chi connectivity index (χ2n) is 3.85. The third-order valence-corrected chi connectivity index (χ3v) is 2.56. The summed E-state index contributed by atoms with van der Waals surface area (Å²) in [6, 6.07) is 5.40. The molecule has 4 nitrogen and oxygen atoms in total. The predicted octanol–water partition coefficient (Wildman–Crippen LogP) is 0.820. The lowest BCUT2D eigenvalue weighted by Crippen LogP contribution is -2.42. The first kappa shape index (κ1) is 12.6. The van der Waals surface area contributed by atoms with Gasteiger partial charge in [-0.1, -0.05) is 13.0 Å². The van der Waals surface area contributed by atoms with Crippen LogP contribution in [0.2, 0.25) is 0 Å². The average molecular weight is 221 g/mol. The number of rotatable bonds is 5. The van der Waals surface area contributed by atoms with Crippen LogP contribution in [0.3, 0.4) is 0 Å². The molecule has 0 radical (unpaired) electrons. The van der Waals surface area contributed by atoms with E-state index < -0.39 is 0 Å². The summed E-state index contributed by atoms with van der Waals surface area (Å²) in [5, 5.41) is 0. The average Bonchev–Trinajstić information content (AvgIpc) is 2.35. The van der Waals surface area contributed by atoms with E-state index in [4.69, 9.17) is 5.73 Å². The fourth-order valence-corrected chi connectivity index (χ4v) is 1.40. The van der Waals surface area contributed by atoms with Gasteiger partial charge in [-0.25, -0.2) is 0 Å². The number of nitrogens with zero attached hydrogens (tertiary/aromatic N) is 2. The van der Waals surface area contributed by atoms with Crippen molar-refractivity contribution < 1.29 is 4.79 Å². The largest absolute Gasteiger partial charge is 0.344 e. The zero-order valence-corrected chi connectivity index (χ0v) is 9.89. The van der Waals surface area contributed by atoms with Crippen LogP contribution in [-0.2, 0) is 11.2 Å². The normalized spacial score (nSPS) is 12.2. The Labute approximate surface area is 96.5 Å². The van der Waals surface area contributed by atoms with E-state index in [2.05, 4.69) is 4.98 Å². The van der Waals surface area contributed by atoms with E-state index in [9.17, 15) is 4.79 Å². The van der Waals surface area contributed by atoms with Crippen LogP contribution in [-0.4, -0.2) is 35.4 Å². The van der Waals surface area contributed by atoms with Crippen LogP contribution in [0.1, 0.15) is 19.0 Å². The molecule has 1 aromatic rings. The van der Waals surface area contributed by atoms with Crippen molar-refractivity contribution in [1.29, 1.82) is 0 Å². The first-order valence-electron chi connectivity index (χ1n) is 5.55. The molecule has 1 aromatic heterocycles. The maximum atomic E-state index is 11.7. The van der Waals surface area contributed by atoms with E-state index in [0.29, 0.717) is 13.0 Å². The molecule has 0 saturated heterocycles. The monoisotopic (exact) mass is 221 g/mol. The summed E-state index contributed by atoms with van der Waals surface area (Å²) in [6.07, 6.45) is 3.20. The fourth-order valence-electron chi connectivity index (χ4n) is 1.40. The molecule has 1 amide bonds. The summed E-state index contributed by atoms with van der Waals surface area (Å²) in [7, 11) is 1.78. The van der Waals surface area contributed by atoms with Crippen molar-refractivity contribution in [3.8, 4) is 0 Å². The number of carbonyl (C=O) groups excluding carboxylic acids is 1. The maximum Gasteiger partial charge on any atom is 0.239 e. The SMILES string of the molecule is CC[C@H](N)C(=O)N(C)CCc1ccccn1. The molecule has 2 N–H and O–H groups in total. The van der Waals surface area contributed by atoms with Gasteiger partial charge in [0.15, 0.2) is 0 Å². The van der Waals surface area contributed by atoms with Gasteiger partial charge >= 0.3 is 0 Å². The highest BCUT2D eigenvalue weighted by Crippen LogP contribution is 1.99. The zero-order valence-electron chi connectivity index (χ0n) is 9.89. The summed E-state index contributed by atoms with van der Waals surface area (Å²) >= 11 is 0. The van der Waals surface area contributed by atoms with Crippen LogP contribution < -0.4 is 5.73 Å². The van der Waals surface area contributed by atoms with E-state index in [1.165, 1.54) is 0 Å². The minimum absolute atomic E-state index is 0.00145. The first-order valence-corrected chi connectivity index (χ1v) is 5.55. The molecule has 0 unspecified atom stereocenters. The molecule has 0 aliphatic carbocycles. The Balaban J connectivity index is 2.41. The van der Waals surface area contributed by atoms with Crippen molar-refractivity contribution in [3.05, 3.63) is 30.1 Å². The molecular weight excluding hydrogens is 202 g/mol. The molecule has 0 bridgehead atoms. The van der Waals surface area contributed by atoms with Gasteiger partial charge in [0.1, 0.15) is 0 Å². The minimum Gasteiger partial charge on any atom is -0.344 e. The molecule has 88 valence electrons. The molecule has 1 heterocycles. The zero-order chi connectivity index (χ0) is 12.0. The number of hydrogen-bond acceptors (Lipinski definition) is 3. The number of carbonyl (C=O) groups is 1. The molecular formula is C12H19N3O. The van der Waals surface area contributed by atoms with Gasteiger partial charge in [-0.05, 0) is 18.6 Å². The van der Waals surface area contributed by atoms with Crippen LogP contribution in [0, 0.1) is 0 Å². The van der Waals surface area contributed by atoms with Crippen molar-refractivity contribution >= 4 is 5.91 Å². The summed E-state index contributed by atoms with van der Waals surface area (Å²) in [5.41, 5.74) is 6.67. The number of amides is 1. The molecule has 1 rings (SSSR count). The minimum atomic E-state index is -0.381. The van der Waals surface area contributed by atoms with Crippen LogP contribution in [0.25, 0.3) is 0 Å². The lowest BCUT2D eigenvalue weighted by atomic mass is 10.2. The molecule has 16 heavy (non-hydrogen) atoms. The summed E-state index contributed by atoms with van der Waals surface area (Å²) in [6.45, 7) is 2.57. The Kier molecular flexibility index (Phi) is 4.92. The first-order chi connectivity index (χ1) is 7.65. The highest BCUT2D eigenvalue weighted by Gasteiger charge is 2.15. The smallest absolute Gasteiger partial charge is 0.239 e. The highest BCUT2D eigenvalue weighted by atomic mass is 16.2. The quantitative estimate of drug-likeness (QED) is 0.800. The summed E-state index contributed by atoms with van der Waals surface area (Å²) < 4.78 is 0. The molecule has 1 atom stereocenters. The van der Waals surface area contributed by atoms with Crippen LogP contribution >= 0.6 is 0 Å². The second kappa shape index (κ2) is 6.23. The predicted molar refractivity (Wildman–Crippen MR) is 63.8 cm³/mol. The second-order valence-corrected chi connectivity index (χ2v) is 3.85. The lowest BCUT2D eigenvalue weighted by molar-refractivity contribution is -0.131. The van der Waals surface area contributed by atoms with Gasteiger partial charge in [0.25, 0.3) is 0 Å². The van der Waals surface area contributed by atoms with Gasteiger partial charge in [0.05, 0.1) is 6.04 Å². The Morgan fingerprint density at radius 2 is 2.31 bits per heavy atom. The van der Waals surface area contributed by atoms with Crippen molar-refractivity contribution in [3.63, 3.8) is 0 Å². The lowest BCUT2D eigenvalue weighted by Gasteiger charge is -2.20. The molecule has 0 aliphatic rings. The topological polar surface area (TPSA) is 59.2 Å². The summed E-state index contributed by atoms with van der Waals surface area (Å²) in [5.74, 6) is -0.00145. The van der Waals surface area contributed by atoms with Gasteiger partial charge < -0.3 is 10.6 Å². The third kappa shape index (κ3) is 3.62. The molecule has 0 aromatic carbocycles. The Bertz CT molecular complexity index is 326. The highest BCUT2D eigenvalue weighted by molar-refractivity contribution is 5.81. The van der Waals surface area contributed by atoms with Crippen LogP contribution in [0.5, 0.6) is 0 Å².